The number of hydrogen-bond acceptors (Lipinski definition) is 3. The lowest BCUT2D eigenvalue weighted by Crippen LogP contribution is -2.41. The lowest BCUT2D eigenvalue weighted by molar-refractivity contribution is -0.139. The Balaban J connectivity index is 2.37. The minimum absolute atomic E-state index is 0.142. The molecule has 4 nitrogen and oxygen atoms in total. The van der Waals surface area contributed by atoms with Gasteiger partial charge in [0.1, 0.15) is 11.8 Å². The summed E-state index contributed by atoms with van der Waals surface area (Å²) >= 11 is 3.21. The molecule has 0 spiro atoms. The summed E-state index contributed by atoms with van der Waals surface area (Å²) in [4.78, 5) is 10.9. The highest BCUT2D eigenvalue weighted by atomic mass is 79.9. The molecule has 0 amide bonds. The Kier molecular flexibility index (Phi) is 2.67. The molecule has 1 aliphatic carbocycles. The van der Waals surface area contributed by atoms with E-state index in [9.17, 15) is 9.90 Å². The number of carboxylic acids is 1. The third-order valence-corrected chi connectivity index (χ3v) is 3.81. The lowest BCUT2D eigenvalue weighted by Gasteiger charge is -2.20. The first-order valence-electron chi connectivity index (χ1n) is 4.95. The average Bonchev–Trinajstić information content (AvgIpc) is 3.02. The molecule has 1 aromatic rings. The number of nitrogens with two attached hydrogens (primary N) is 1. The number of phenolic OH excluding ortho intramolecular Hbond substituents is 1. The zero-order valence-electron chi connectivity index (χ0n) is 8.48. The molecule has 1 atom stereocenters. The minimum Gasteiger partial charge on any atom is -0.507 e. The van der Waals surface area contributed by atoms with E-state index in [0.717, 1.165) is 18.4 Å². The van der Waals surface area contributed by atoms with Crippen molar-refractivity contribution in [1.82, 2.24) is 0 Å². The van der Waals surface area contributed by atoms with Crippen molar-refractivity contribution in [2.45, 2.75) is 24.3 Å². The van der Waals surface area contributed by atoms with E-state index in [4.69, 9.17) is 10.8 Å². The molecule has 0 aromatic heterocycles. The number of rotatable bonds is 3. The number of benzene rings is 1. The van der Waals surface area contributed by atoms with Crippen LogP contribution in [0.4, 0.5) is 0 Å². The Morgan fingerprint density at radius 1 is 1.50 bits per heavy atom. The van der Waals surface area contributed by atoms with Crippen molar-refractivity contribution in [3.8, 4) is 5.75 Å². The Morgan fingerprint density at radius 3 is 2.56 bits per heavy atom. The third-order valence-electron chi connectivity index (χ3n) is 3.17. The second-order valence-electron chi connectivity index (χ2n) is 4.14. The topological polar surface area (TPSA) is 83.6 Å². The standard InChI is InChI=1S/C11H12BrNO3/c12-7-5-6(1-2-8(7)14)11(3-4-11)9(13)10(15)16/h1-2,5,9,14H,3-4,13H2,(H,15,16). The van der Waals surface area contributed by atoms with Crippen LogP contribution >= 0.6 is 15.9 Å². The van der Waals surface area contributed by atoms with Crippen molar-refractivity contribution in [3.05, 3.63) is 28.2 Å². The van der Waals surface area contributed by atoms with Gasteiger partial charge in [-0.05, 0) is 46.5 Å². The van der Waals surface area contributed by atoms with Crippen molar-refractivity contribution in [1.29, 1.82) is 0 Å². The van der Waals surface area contributed by atoms with Crippen LogP contribution in [-0.2, 0) is 10.2 Å². The van der Waals surface area contributed by atoms with E-state index in [1.807, 2.05) is 0 Å². The molecule has 16 heavy (non-hydrogen) atoms. The van der Waals surface area contributed by atoms with Gasteiger partial charge in [-0.2, -0.15) is 0 Å². The molecule has 1 fully saturated rings. The maximum Gasteiger partial charge on any atom is 0.321 e. The molecule has 0 radical (unpaired) electrons. The first kappa shape index (κ1) is 11.4. The van der Waals surface area contributed by atoms with Crippen LogP contribution in [0.2, 0.25) is 0 Å². The number of aliphatic carboxylic acids is 1. The van der Waals surface area contributed by atoms with Gasteiger partial charge >= 0.3 is 5.97 Å². The second-order valence-corrected chi connectivity index (χ2v) is 4.99. The predicted octanol–water partition coefficient (Wildman–Crippen LogP) is 1.60. The third kappa shape index (κ3) is 1.70. The predicted molar refractivity (Wildman–Crippen MR) is 62.3 cm³/mol. The molecule has 0 saturated heterocycles. The molecule has 4 N–H and O–H groups in total. The zero-order chi connectivity index (χ0) is 11.9. The summed E-state index contributed by atoms with van der Waals surface area (Å²) in [5.41, 5.74) is 6.11. The zero-order valence-corrected chi connectivity index (χ0v) is 10.1. The van der Waals surface area contributed by atoms with Crippen LogP contribution in [0.15, 0.2) is 22.7 Å². The van der Waals surface area contributed by atoms with Crippen molar-refractivity contribution in [3.63, 3.8) is 0 Å². The molecular weight excluding hydrogens is 274 g/mol. The van der Waals surface area contributed by atoms with Gasteiger partial charge in [-0.25, -0.2) is 0 Å². The summed E-state index contributed by atoms with van der Waals surface area (Å²) in [6, 6.07) is 4.14. The fourth-order valence-corrected chi connectivity index (χ4v) is 2.35. The maximum atomic E-state index is 10.9. The number of phenols is 1. The SMILES string of the molecule is NC(C(=O)O)C1(c2ccc(O)c(Br)c2)CC1. The summed E-state index contributed by atoms with van der Waals surface area (Å²) < 4.78 is 0.564. The molecule has 0 heterocycles. The normalized spacial score (nSPS) is 19.1. The van der Waals surface area contributed by atoms with E-state index in [0.29, 0.717) is 4.47 Å². The first-order valence-corrected chi connectivity index (χ1v) is 5.74. The van der Waals surface area contributed by atoms with Crippen LogP contribution in [0, 0.1) is 0 Å². The number of aromatic hydroxyl groups is 1. The molecule has 1 saturated carbocycles. The molecule has 0 aliphatic heterocycles. The Morgan fingerprint density at radius 2 is 2.12 bits per heavy atom. The number of halogens is 1. The van der Waals surface area contributed by atoms with Gasteiger partial charge in [-0.3, -0.25) is 4.79 Å². The Bertz CT molecular complexity index is 443. The largest absolute Gasteiger partial charge is 0.507 e. The van der Waals surface area contributed by atoms with Crippen LogP contribution in [0.5, 0.6) is 5.75 Å². The highest BCUT2D eigenvalue weighted by molar-refractivity contribution is 9.10. The molecule has 1 aromatic carbocycles. The van der Waals surface area contributed by atoms with E-state index >= 15 is 0 Å². The Labute approximate surface area is 101 Å². The molecular formula is C11H12BrNO3. The van der Waals surface area contributed by atoms with E-state index in [2.05, 4.69) is 15.9 Å². The highest BCUT2D eigenvalue weighted by Crippen LogP contribution is 2.51. The fourth-order valence-electron chi connectivity index (χ4n) is 1.97. The maximum absolute atomic E-state index is 10.9. The van der Waals surface area contributed by atoms with E-state index in [1.165, 1.54) is 0 Å². The molecule has 5 heteroatoms. The van der Waals surface area contributed by atoms with Gasteiger partial charge in [0, 0.05) is 5.41 Å². The Hall–Kier alpha value is -1.07. The van der Waals surface area contributed by atoms with Crippen LogP contribution in [0.3, 0.4) is 0 Å². The van der Waals surface area contributed by atoms with Crippen molar-refractivity contribution in [2.24, 2.45) is 5.73 Å². The van der Waals surface area contributed by atoms with Crippen molar-refractivity contribution < 1.29 is 15.0 Å². The smallest absolute Gasteiger partial charge is 0.321 e. The molecule has 86 valence electrons. The minimum atomic E-state index is -0.985. The molecule has 2 rings (SSSR count). The quantitative estimate of drug-likeness (QED) is 0.788. The summed E-state index contributed by atoms with van der Waals surface area (Å²) in [5, 5.41) is 18.3. The monoisotopic (exact) mass is 285 g/mol. The molecule has 0 bridgehead atoms. The number of hydrogen-bond donors (Lipinski definition) is 3. The van der Waals surface area contributed by atoms with Gasteiger partial charge in [-0.1, -0.05) is 6.07 Å². The molecule has 1 unspecified atom stereocenters. The summed E-state index contributed by atoms with van der Waals surface area (Å²) in [6.07, 6.45) is 1.55. The van der Waals surface area contributed by atoms with Gasteiger partial charge in [0.05, 0.1) is 4.47 Å². The summed E-state index contributed by atoms with van der Waals surface area (Å²) in [6.45, 7) is 0. The van der Waals surface area contributed by atoms with Crippen LogP contribution in [0.1, 0.15) is 18.4 Å². The second kappa shape index (κ2) is 3.75. The fraction of sp³-hybridized carbons (Fsp3) is 0.364. The van der Waals surface area contributed by atoms with E-state index < -0.39 is 17.4 Å². The highest BCUT2D eigenvalue weighted by Gasteiger charge is 2.52. The van der Waals surface area contributed by atoms with E-state index in [-0.39, 0.29) is 5.75 Å². The first-order chi connectivity index (χ1) is 7.47. The molecule has 1 aliphatic rings. The number of carboxylic acid groups (broad SMARTS) is 1. The van der Waals surface area contributed by atoms with Crippen molar-refractivity contribution >= 4 is 21.9 Å². The van der Waals surface area contributed by atoms with Gasteiger partial charge in [0.25, 0.3) is 0 Å². The lowest BCUT2D eigenvalue weighted by atomic mass is 9.88. The number of carbonyl (C=O) groups is 1. The van der Waals surface area contributed by atoms with Crippen LogP contribution in [-0.4, -0.2) is 22.2 Å². The van der Waals surface area contributed by atoms with Gasteiger partial charge in [0.2, 0.25) is 0 Å². The van der Waals surface area contributed by atoms with Crippen LogP contribution in [0.25, 0.3) is 0 Å². The van der Waals surface area contributed by atoms with Gasteiger partial charge in [0.15, 0.2) is 0 Å². The van der Waals surface area contributed by atoms with Crippen LogP contribution < -0.4 is 5.73 Å². The van der Waals surface area contributed by atoms with E-state index in [1.54, 1.807) is 18.2 Å². The average molecular weight is 286 g/mol. The van der Waals surface area contributed by atoms with Crippen molar-refractivity contribution in [2.75, 3.05) is 0 Å². The summed E-state index contributed by atoms with van der Waals surface area (Å²) in [5.74, 6) is -0.842. The van der Waals surface area contributed by atoms with Gasteiger partial charge < -0.3 is 15.9 Å². The van der Waals surface area contributed by atoms with Gasteiger partial charge in [-0.15, -0.1) is 0 Å². The summed E-state index contributed by atoms with van der Waals surface area (Å²) in [7, 11) is 0.